The van der Waals surface area contributed by atoms with Crippen LogP contribution in [0.5, 0.6) is 0 Å². The summed E-state index contributed by atoms with van der Waals surface area (Å²) in [5.74, 6) is 1.04. The Morgan fingerprint density at radius 1 is 0.962 bits per heavy atom. The highest BCUT2D eigenvalue weighted by Gasteiger charge is 2.37. The molecular formula is C23H27NO2. The summed E-state index contributed by atoms with van der Waals surface area (Å²) in [6.07, 6.45) is 8.47. The van der Waals surface area contributed by atoms with Gasteiger partial charge in [0.1, 0.15) is 11.1 Å². The highest BCUT2D eigenvalue weighted by molar-refractivity contribution is 5.72. The van der Waals surface area contributed by atoms with Crippen LogP contribution >= 0.6 is 0 Å². The van der Waals surface area contributed by atoms with E-state index >= 15 is 0 Å². The van der Waals surface area contributed by atoms with Crippen molar-refractivity contribution < 1.29 is 9.52 Å². The second-order valence-corrected chi connectivity index (χ2v) is 7.71. The van der Waals surface area contributed by atoms with Crippen LogP contribution in [0.2, 0.25) is 0 Å². The van der Waals surface area contributed by atoms with Gasteiger partial charge in [0.15, 0.2) is 5.58 Å². The molecule has 0 spiro atoms. The maximum Gasteiger partial charge on any atom is 0.227 e. The van der Waals surface area contributed by atoms with Crippen LogP contribution in [0.15, 0.2) is 59.0 Å². The van der Waals surface area contributed by atoms with E-state index in [1.807, 2.05) is 30.3 Å². The molecule has 1 atom stereocenters. The summed E-state index contributed by atoms with van der Waals surface area (Å²) < 4.78 is 6.00. The number of hydrogen-bond acceptors (Lipinski definition) is 3. The van der Waals surface area contributed by atoms with Crippen LogP contribution in [0.1, 0.15) is 56.4 Å². The van der Waals surface area contributed by atoms with Crippen LogP contribution in [0.25, 0.3) is 11.1 Å². The largest absolute Gasteiger partial charge is 0.438 e. The Morgan fingerprint density at radius 3 is 2.46 bits per heavy atom. The molecule has 1 saturated carbocycles. The lowest BCUT2D eigenvalue weighted by Crippen LogP contribution is -2.31. The molecule has 1 aliphatic rings. The molecule has 1 fully saturated rings. The predicted octanol–water partition coefficient (Wildman–Crippen LogP) is 5.62. The number of rotatable bonds is 6. The van der Waals surface area contributed by atoms with Crippen molar-refractivity contribution in [3.05, 3.63) is 66.1 Å². The van der Waals surface area contributed by atoms with Gasteiger partial charge in [-0.05, 0) is 42.9 Å². The highest BCUT2D eigenvalue weighted by Crippen LogP contribution is 2.39. The topological polar surface area (TPSA) is 46.3 Å². The Balaban J connectivity index is 1.60. The normalized spacial score (nSPS) is 18.0. The smallest absolute Gasteiger partial charge is 0.227 e. The van der Waals surface area contributed by atoms with Gasteiger partial charge in [-0.15, -0.1) is 0 Å². The summed E-state index contributed by atoms with van der Waals surface area (Å²) in [7, 11) is 0. The van der Waals surface area contributed by atoms with E-state index in [-0.39, 0.29) is 0 Å². The standard InChI is InChI=1S/C23H27NO2/c25-23(17-19-11-5-2-6-12-19,16-15-18-9-3-1-4-10-18)22-24-20-13-7-8-14-21(20)26-22/h1,3-4,7-10,13-14,19,25H,2,5-6,11-12,15-17H2. The van der Waals surface area contributed by atoms with Crippen LogP contribution in [-0.4, -0.2) is 10.1 Å². The minimum Gasteiger partial charge on any atom is -0.438 e. The van der Waals surface area contributed by atoms with E-state index in [1.165, 1.54) is 37.7 Å². The molecule has 0 bridgehead atoms. The van der Waals surface area contributed by atoms with E-state index in [4.69, 9.17) is 4.42 Å². The van der Waals surface area contributed by atoms with Gasteiger partial charge >= 0.3 is 0 Å². The molecule has 0 amide bonds. The van der Waals surface area contributed by atoms with Gasteiger partial charge in [-0.1, -0.05) is 74.6 Å². The highest BCUT2D eigenvalue weighted by atomic mass is 16.4. The van der Waals surface area contributed by atoms with Gasteiger partial charge in [-0.3, -0.25) is 0 Å². The molecule has 3 nitrogen and oxygen atoms in total. The van der Waals surface area contributed by atoms with E-state index in [0.717, 1.165) is 23.9 Å². The van der Waals surface area contributed by atoms with Crippen molar-refractivity contribution in [2.24, 2.45) is 5.92 Å². The number of nitrogens with zero attached hydrogens (tertiary/aromatic N) is 1. The number of aromatic nitrogens is 1. The van der Waals surface area contributed by atoms with E-state index in [0.29, 0.717) is 18.2 Å². The third-order valence-corrected chi connectivity index (χ3v) is 5.71. The van der Waals surface area contributed by atoms with Crippen LogP contribution in [-0.2, 0) is 12.0 Å². The van der Waals surface area contributed by atoms with Crippen LogP contribution < -0.4 is 0 Å². The third kappa shape index (κ3) is 3.83. The van der Waals surface area contributed by atoms with Gasteiger partial charge in [-0.25, -0.2) is 4.98 Å². The monoisotopic (exact) mass is 349 g/mol. The van der Waals surface area contributed by atoms with Crippen molar-refractivity contribution in [3.8, 4) is 0 Å². The summed E-state index contributed by atoms with van der Waals surface area (Å²) >= 11 is 0. The lowest BCUT2D eigenvalue weighted by molar-refractivity contribution is -0.0246. The fourth-order valence-corrected chi connectivity index (χ4v) is 4.23. The molecule has 1 aromatic heterocycles. The molecular weight excluding hydrogens is 322 g/mol. The fourth-order valence-electron chi connectivity index (χ4n) is 4.23. The van der Waals surface area contributed by atoms with E-state index in [9.17, 15) is 5.11 Å². The molecule has 1 unspecified atom stereocenters. The second-order valence-electron chi connectivity index (χ2n) is 7.71. The molecule has 0 saturated heterocycles. The summed E-state index contributed by atoms with van der Waals surface area (Å²) in [4.78, 5) is 4.65. The molecule has 1 N–H and O–H groups in total. The lowest BCUT2D eigenvalue weighted by Gasteiger charge is -2.31. The molecule has 1 aliphatic carbocycles. The van der Waals surface area contributed by atoms with Crippen molar-refractivity contribution in [2.45, 2.75) is 57.0 Å². The predicted molar refractivity (Wildman–Crippen MR) is 104 cm³/mol. The quantitative estimate of drug-likeness (QED) is 0.628. The molecule has 0 aliphatic heterocycles. The summed E-state index contributed by atoms with van der Waals surface area (Å²) in [6, 6.07) is 18.1. The second kappa shape index (κ2) is 7.63. The number of benzene rings is 2. The SMILES string of the molecule is OC(CCc1ccccc1)(CC1CCCCC1)c1nc2ccccc2o1. The molecule has 4 rings (SSSR count). The summed E-state index contributed by atoms with van der Waals surface area (Å²) in [6.45, 7) is 0. The zero-order valence-corrected chi connectivity index (χ0v) is 15.2. The lowest BCUT2D eigenvalue weighted by atomic mass is 9.78. The summed E-state index contributed by atoms with van der Waals surface area (Å²) in [5, 5.41) is 11.6. The number of fused-ring (bicyclic) bond motifs is 1. The Labute approximate surface area is 155 Å². The van der Waals surface area contributed by atoms with Gasteiger partial charge in [-0.2, -0.15) is 0 Å². The van der Waals surface area contributed by atoms with Gasteiger partial charge in [0.25, 0.3) is 0 Å². The maximum atomic E-state index is 11.6. The first-order valence-corrected chi connectivity index (χ1v) is 9.85. The third-order valence-electron chi connectivity index (χ3n) is 5.71. The van der Waals surface area contributed by atoms with Crippen LogP contribution in [0.3, 0.4) is 0 Å². The summed E-state index contributed by atoms with van der Waals surface area (Å²) in [5.41, 5.74) is 1.82. The Bertz CT molecular complexity index is 803. The Kier molecular flexibility index (Phi) is 5.07. The zero-order chi connectivity index (χ0) is 17.8. The average molecular weight is 349 g/mol. The fraction of sp³-hybridized carbons (Fsp3) is 0.435. The molecule has 1 heterocycles. The molecule has 0 radical (unpaired) electrons. The van der Waals surface area contributed by atoms with Gasteiger partial charge < -0.3 is 9.52 Å². The molecule has 136 valence electrons. The first-order valence-electron chi connectivity index (χ1n) is 9.85. The van der Waals surface area contributed by atoms with Gasteiger partial charge in [0, 0.05) is 0 Å². The number of para-hydroxylation sites is 2. The van der Waals surface area contributed by atoms with Crippen molar-refractivity contribution >= 4 is 11.1 Å². The van der Waals surface area contributed by atoms with Crippen molar-refractivity contribution in [2.75, 3.05) is 0 Å². The number of aryl methyl sites for hydroxylation is 1. The van der Waals surface area contributed by atoms with Crippen molar-refractivity contribution in [1.82, 2.24) is 4.98 Å². The Morgan fingerprint density at radius 2 is 1.69 bits per heavy atom. The molecule has 3 heteroatoms. The van der Waals surface area contributed by atoms with E-state index < -0.39 is 5.60 Å². The molecule has 26 heavy (non-hydrogen) atoms. The first-order chi connectivity index (χ1) is 12.7. The minimum atomic E-state index is -1.00. The van der Waals surface area contributed by atoms with Crippen molar-refractivity contribution in [1.29, 1.82) is 0 Å². The zero-order valence-electron chi connectivity index (χ0n) is 15.2. The maximum absolute atomic E-state index is 11.6. The van der Waals surface area contributed by atoms with Gasteiger partial charge in [0.2, 0.25) is 5.89 Å². The van der Waals surface area contributed by atoms with E-state index in [1.54, 1.807) is 0 Å². The minimum absolute atomic E-state index is 0.486. The number of hydrogen-bond donors (Lipinski definition) is 1. The van der Waals surface area contributed by atoms with Crippen LogP contribution in [0, 0.1) is 5.92 Å². The number of aliphatic hydroxyl groups is 1. The van der Waals surface area contributed by atoms with E-state index in [2.05, 4.69) is 29.2 Å². The van der Waals surface area contributed by atoms with Crippen LogP contribution in [0.4, 0.5) is 0 Å². The first kappa shape index (κ1) is 17.3. The van der Waals surface area contributed by atoms with Gasteiger partial charge in [0.05, 0.1) is 0 Å². The average Bonchev–Trinajstić information content (AvgIpc) is 3.13. The van der Waals surface area contributed by atoms with Crippen molar-refractivity contribution in [3.63, 3.8) is 0 Å². The molecule has 3 aromatic rings. The molecule has 2 aromatic carbocycles. The Hall–Kier alpha value is -2.13. The number of oxazole rings is 1.